The fourth-order valence-electron chi connectivity index (χ4n) is 1.97. The second-order valence-corrected chi connectivity index (χ2v) is 4.71. The van der Waals surface area contributed by atoms with E-state index in [1.54, 1.807) is 0 Å². The molecule has 16 heavy (non-hydrogen) atoms. The van der Waals surface area contributed by atoms with Crippen molar-refractivity contribution in [1.82, 2.24) is 0 Å². The maximum atomic E-state index is 4.62. The molecule has 0 fully saturated rings. The van der Waals surface area contributed by atoms with E-state index in [2.05, 4.69) is 62.7 Å². The molecule has 1 aromatic rings. The van der Waals surface area contributed by atoms with E-state index in [-0.39, 0.29) is 5.41 Å². The van der Waals surface area contributed by atoms with Gasteiger partial charge in [-0.15, -0.1) is 5.73 Å². The molecule has 1 nitrogen and oxygen atoms in total. The molecule has 1 unspecified atom stereocenters. The van der Waals surface area contributed by atoms with Crippen LogP contribution >= 0.6 is 0 Å². The molecule has 1 aliphatic heterocycles. The Morgan fingerprint density at radius 3 is 2.69 bits per heavy atom. The Bertz CT molecular complexity index is 512. The summed E-state index contributed by atoms with van der Waals surface area (Å²) < 4.78 is 0. The zero-order valence-electron chi connectivity index (χ0n) is 10.3. The first-order chi connectivity index (χ1) is 7.54. The Morgan fingerprint density at radius 1 is 1.31 bits per heavy atom. The van der Waals surface area contributed by atoms with E-state index in [1.165, 1.54) is 11.1 Å². The van der Waals surface area contributed by atoms with E-state index in [9.17, 15) is 0 Å². The summed E-state index contributed by atoms with van der Waals surface area (Å²) in [5.74, 6) is 0. The van der Waals surface area contributed by atoms with Crippen LogP contribution in [0.1, 0.15) is 33.3 Å². The van der Waals surface area contributed by atoms with Crippen molar-refractivity contribution in [1.29, 1.82) is 0 Å². The van der Waals surface area contributed by atoms with Crippen LogP contribution in [0.25, 0.3) is 0 Å². The predicted octanol–water partition coefficient (Wildman–Crippen LogP) is 4.17. The van der Waals surface area contributed by atoms with Crippen LogP contribution in [0.4, 0.5) is 5.69 Å². The number of rotatable bonds is 1. The van der Waals surface area contributed by atoms with Crippen LogP contribution in [0.5, 0.6) is 0 Å². The Morgan fingerprint density at radius 2 is 2.00 bits per heavy atom. The third-order valence-corrected chi connectivity index (χ3v) is 3.15. The summed E-state index contributed by atoms with van der Waals surface area (Å²) in [7, 11) is 0. The van der Waals surface area contributed by atoms with E-state index < -0.39 is 0 Å². The lowest BCUT2D eigenvalue weighted by Crippen LogP contribution is -2.24. The number of para-hydroxylation sites is 1. The Hall–Kier alpha value is -1.59. The highest BCUT2D eigenvalue weighted by atomic mass is 14.8. The monoisotopic (exact) mass is 211 g/mol. The first kappa shape index (κ1) is 10.9. The highest BCUT2D eigenvalue weighted by Gasteiger charge is 2.34. The van der Waals surface area contributed by atoms with Gasteiger partial charge in [-0.25, -0.2) is 0 Å². The molecule has 1 atom stereocenters. The van der Waals surface area contributed by atoms with Crippen LogP contribution < -0.4 is 0 Å². The number of aliphatic imine (C=N–C) groups is 1. The van der Waals surface area contributed by atoms with Gasteiger partial charge in [-0.3, -0.25) is 4.99 Å². The van der Waals surface area contributed by atoms with Crippen molar-refractivity contribution >= 4 is 11.4 Å². The molecule has 0 amide bonds. The molecule has 0 aliphatic carbocycles. The van der Waals surface area contributed by atoms with Gasteiger partial charge < -0.3 is 0 Å². The highest BCUT2D eigenvalue weighted by molar-refractivity contribution is 6.01. The lowest BCUT2D eigenvalue weighted by atomic mass is 9.80. The quantitative estimate of drug-likeness (QED) is 0.618. The summed E-state index contributed by atoms with van der Waals surface area (Å²) in [5, 5.41) is 0. The molecular weight excluding hydrogens is 194 g/mol. The minimum atomic E-state index is -0.0894. The molecule has 0 saturated carbocycles. The van der Waals surface area contributed by atoms with Gasteiger partial charge in [0.15, 0.2) is 0 Å². The molecule has 1 aliphatic rings. The third kappa shape index (κ3) is 1.64. The summed E-state index contributed by atoms with van der Waals surface area (Å²) in [6, 6.07) is 8.33. The minimum Gasteiger partial charge on any atom is -0.257 e. The van der Waals surface area contributed by atoms with E-state index in [4.69, 9.17) is 0 Å². The molecule has 82 valence electrons. The van der Waals surface area contributed by atoms with Crippen molar-refractivity contribution in [3.8, 4) is 0 Å². The molecule has 0 radical (unpaired) electrons. The molecule has 0 aromatic heterocycles. The zero-order chi connectivity index (χ0) is 11.8. The van der Waals surface area contributed by atoms with Crippen molar-refractivity contribution < 1.29 is 0 Å². The van der Waals surface area contributed by atoms with Crippen LogP contribution in [0, 0.1) is 0 Å². The van der Waals surface area contributed by atoms with Crippen molar-refractivity contribution in [2.45, 2.75) is 33.1 Å². The fraction of sp³-hybridized carbons (Fsp3) is 0.333. The summed E-state index contributed by atoms with van der Waals surface area (Å²) in [4.78, 5) is 4.62. The fourth-order valence-corrected chi connectivity index (χ4v) is 1.97. The number of benzene rings is 1. The van der Waals surface area contributed by atoms with Gasteiger partial charge in [0.25, 0.3) is 0 Å². The largest absolute Gasteiger partial charge is 0.257 e. The molecule has 1 aromatic carbocycles. The normalized spacial score (nSPS) is 22.1. The Labute approximate surface area is 97.2 Å². The van der Waals surface area contributed by atoms with Gasteiger partial charge in [-0.05, 0) is 51.0 Å². The predicted molar refractivity (Wildman–Crippen MR) is 69.5 cm³/mol. The van der Waals surface area contributed by atoms with Crippen LogP contribution in [0.3, 0.4) is 0 Å². The Balaban J connectivity index is 2.59. The van der Waals surface area contributed by atoms with E-state index >= 15 is 0 Å². The minimum absolute atomic E-state index is 0.0894. The summed E-state index contributed by atoms with van der Waals surface area (Å²) in [6.45, 7) is 8.41. The first-order valence-electron chi connectivity index (χ1n) is 5.60. The van der Waals surface area contributed by atoms with Crippen LogP contribution in [-0.4, -0.2) is 5.71 Å². The van der Waals surface area contributed by atoms with Crippen LogP contribution in [-0.2, 0) is 5.41 Å². The molecule has 0 spiro atoms. The van der Waals surface area contributed by atoms with Gasteiger partial charge in [0, 0.05) is 5.71 Å². The van der Waals surface area contributed by atoms with E-state index in [1.807, 2.05) is 6.07 Å². The van der Waals surface area contributed by atoms with Gasteiger partial charge in [0.05, 0.1) is 11.1 Å². The maximum Gasteiger partial charge on any atom is 0.0674 e. The Kier molecular flexibility index (Phi) is 2.57. The van der Waals surface area contributed by atoms with Crippen molar-refractivity contribution in [2.24, 2.45) is 4.99 Å². The van der Waals surface area contributed by atoms with Gasteiger partial charge in [-0.1, -0.05) is 18.2 Å². The number of hydrogen-bond acceptors (Lipinski definition) is 1. The van der Waals surface area contributed by atoms with E-state index in [0.29, 0.717) is 0 Å². The second-order valence-electron chi connectivity index (χ2n) is 4.71. The lowest BCUT2D eigenvalue weighted by Gasteiger charge is -2.20. The summed E-state index contributed by atoms with van der Waals surface area (Å²) >= 11 is 0. The SMILES string of the molecule is CC(C)=C=CC1(C)C(C)=Nc2ccccc21. The molecule has 1 heteroatoms. The zero-order valence-corrected chi connectivity index (χ0v) is 10.3. The molecule has 0 N–H and O–H groups in total. The first-order valence-corrected chi connectivity index (χ1v) is 5.60. The summed E-state index contributed by atoms with van der Waals surface area (Å²) in [6.07, 6.45) is 2.13. The standard InChI is InChI=1S/C15H17N/c1-11(2)9-10-15(4)12(3)16-14-8-6-5-7-13(14)15/h5-8,10H,1-4H3. The topological polar surface area (TPSA) is 12.4 Å². The van der Waals surface area contributed by atoms with Gasteiger partial charge in [-0.2, -0.15) is 0 Å². The third-order valence-electron chi connectivity index (χ3n) is 3.15. The lowest BCUT2D eigenvalue weighted by molar-refractivity contribution is 0.828. The molecule has 0 bridgehead atoms. The van der Waals surface area contributed by atoms with Crippen LogP contribution in [0.2, 0.25) is 0 Å². The number of fused-ring (bicyclic) bond motifs is 1. The van der Waals surface area contributed by atoms with Crippen molar-refractivity contribution in [2.75, 3.05) is 0 Å². The molecular formula is C15H17N. The molecule has 0 saturated heterocycles. The highest BCUT2D eigenvalue weighted by Crippen LogP contribution is 2.40. The smallest absolute Gasteiger partial charge is 0.0674 e. The molecule has 1 heterocycles. The van der Waals surface area contributed by atoms with Gasteiger partial charge >= 0.3 is 0 Å². The average molecular weight is 211 g/mol. The van der Waals surface area contributed by atoms with Gasteiger partial charge in [0.2, 0.25) is 0 Å². The van der Waals surface area contributed by atoms with E-state index in [0.717, 1.165) is 11.4 Å². The van der Waals surface area contributed by atoms with Gasteiger partial charge in [0.1, 0.15) is 0 Å². The van der Waals surface area contributed by atoms with Crippen molar-refractivity contribution in [3.63, 3.8) is 0 Å². The average Bonchev–Trinajstić information content (AvgIpc) is 2.50. The second kappa shape index (κ2) is 3.77. The summed E-state index contributed by atoms with van der Waals surface area (Å²) in [5.41, 5.74) is 7.93. The maximum absolute atomic E-state index is 4.62. The van der Waals surface area contributed by atoms with Crippen molar-refractivity contribution in [3.05, 3.63) is 47.2 Å². The van der Waals surface area contributed by atoms with Crippen LogP contribution in [0.15, 0.2) is 46.6 Å². The number of allylic oxidation sites excluding steroid dienone is 1. The number of hydrogen-bond donors (Lipinski definition) is 0. The number of nitrogens with zero attached hydrogens (tertiary/aromatic N) is 1. The molecule has 2 rings (SSSR count).